The van der Waals surface area contributed by atoms with Crippen LogP contribution in [0.25, 0.3) is 6.08 Å². The molecule has 2 heterocycles. The fourth-order valence-corrected chi connectivity index (χ4v) is 4.43. The molecule has 4 rings (SSSR count). The van der Waals surface area contributed by atoms with Gasteiger partial charge in [-0.3, -0.25) is 9.69 Å². The first kappa shape index (κ1) is 19.6. The van der Waals surface area contributed by atoms with Gasteiger partial charge >= 0.3 is 0 Å². The van der Waals surface area contributed by atoms with E-state index in [9.17, 15) is 4.79 Å². The highest BCUT2D eigenvalue weighted by molar-refractivity contribution is 8.26. The summed E-state index contributed by atoms with van der Waals surface area (Å²) in [4.78, 5) is 15.1. The monoisotopic (exact) mass is 429 g/mol. The summed E-state index contributed by atoms with van der Waals surface area (Å²) in [6.45, 7) is 0.718. The van der Waals surface area contributed by atoms with E-state index < -0.39 is 0 Å². The fraction of sp³-hybridized carbons (Fsp3) is 0.238. The minimum Gasteiger partial charge on any atom is -0.493 e. The molecule has 2 aliphatic heterocycles. The third kappa shape index (κ3) is 4.04. The maximum atomic E-state index is 12.8. The van der Waals surface area contributed by atoms with Gasteiger partial charge in [0.15, 0.2) is 23.0 Å². The first-order chi connectivity index (χ1) is 14.1. The number of carbonyl (C=O) groups is 1. The summed E-state index contributed by atoms with van der Waals surface area (Å²) in [5.74, 6) is 2.65. The van der Waals surface area contributed by atoms with Crippen LogP contribution in [0.1, 0.15) is 11.1 Å². The van der Waals surface area contributed by atoms with Crippen LogP contribution in [0, 0.1) is 0 Å². The summed E-state index contributed by atoms with van der Waals surface area (Å²) in [6, 6.07) is 11.3. The predicted molar refractivity (Wildman–Crippen MR) is 116 cm³/mol. The van der Waals surface area contributed by atoms with Gasteiger partial charge in [0.25, 0.3) is 5.91 Å². The van der Waals surface area contributed by atoms with E-state index in [4.69, 9.17) is 31.2 Å². The zero-order valence-electron chi connectivity index (χ0n) is 16.0. The summed E-state index contributed by atoms with van der Waals surface area (Å²) in [5.41, 5.74) is 1.91. The smallest absolute Gasteiger partial charge is 0.266 e. The van der Waals surface area contributed by atoms with E-state index in [1.807, 2.05) is 42.5 Å². The van der Waals surface area contributed by atoms with Gasteiger partial charge in [-0.1, -0.05) is 36.1 Å². The van der Waals surface area contributed by atoms with Gasteiger partial charge < -0.3 is 18.9 Å². The quantitative estimate of drug-likeness (QED) is 0.510. The molecule has 0 spiro atoms. The van der Waals surface area contributed by atoms with Gasteiger partial charge in [0.05, 0.1) is 19.1 Å². The van der Waals surface area contributed by atoms with Crippen LogP contribution in [-0.4, -0.2) is 42.7 Å². The Morgan fingerprint density at radius 1 is 1.10 bits per heavy atom. The van der Waals surface area contributed by atoms with E-state index in [0.717, 1.165) is 11.1 Å². The molecule has 2 aliphatic rings. The van der Waals surface area contributed by atoms with Crippen LogP contribution in [0.15, 0.2) is 41.3 Å². The molecule has 150 valence electrons. The van der Waals surface area contributed by atoms with E-state index >= 15 is 0 Å². The van der Waals surface area contributed by atoms with E-state index in [1.54, 1.807) is 19.1 Å². The van der Waals surface area contributed by atoms with Crippen molar-refractivity contribution in [2.45, 2.75) is 6.42 Å². The van der Waals surface area contributed by atoms with Crippen LogP contribution in [-0.2, 0) is 11.2 Å². The standard InChI is InChI=1S/C21H19NO5S2/c1-24-15-5-3-13(9-17(15)25-2)7-8-22-20(23)19(29-21(22)28)11-14-4-6-16-18(10-14)27-12-26-16/h3-6,9-11H,7-8,12H2,1-2H3. The van der Waals surface area contributed by atoms with Gasteiger partial charge in [0, 0.05) is 6.54 Å². The zero-order valence-corrected chi connectivity index (χ0v) is 17.6. The van der Waals surface area contributed by atoms with Crippen LogP contribution in [0.4, 0.5) is 0 Å². The molecule has 2 aromatic rings. The van der Waals surface area contributed by atoms with Crippen molar-refractivity contribution in [3.63, 3.8) is 0 Å². The lowest BCUT2D eigenvalue weighted by molar-refractivity contribution is -0.122. The van der Waals surface area contributed by atoms with Crippen LogP contribution in [0.5, 0.6) is 23.0 Å². The Labute approximate surface area is 178 Å². The molecule has 0 atom stereocenters. The Hall–Kier alpha value is -2.71. The highest BCUT2D eigenvalue weighted by atomic mass is 32.2. The number of hydrogen-bond acceptors (Lipinski definition) is 7. The molecular weight excluding hydrogens is 410 g/mol. The first-order valence-electron chi connectivity index (χ1n) is 8.95. The second kappa shape index (κ2) is 8.34. The van der Waals surface area contributed by atoms with Crippen molar-refractivity contribution in [3.05, 3.63) is 52.4 Å². The van der Waals surface area contributed by atoms with Crippen molar-refractivity contribution in [1.82, 2.24) is 4.90 Å². The van der Waals surface area contributed by atoms with Crippen LogP contribution < -0.4 is 18.9 Å². The minimum absolute atomic E-state index is 0.0851. The number of thioether (sulfide) groups is 1. The molecule has 0 unspecified atom stereocenters. The topological polar surface area (TPSA) is 57.2 Å². The van der Waals surface area contributed by atoms with Crippen molar-refractivity contribution in [2.75, 3.05) is 27.6 Å². The summed E-state index contributed by atoms with van der Waals surface area (Å²) < 4.78 is 21.9. The number of ether oxygens (including phenoxy) is 4. The summed E-state index contributed by atoms with van der Waals surface area (Å²) >= 11 is 6.74. The number of amides is 1. The summed E-state index contributed by atoms with van der Waals surface area (Å²) in [5, 5.41) is 0. The lowest BCUT2D eigenvalue weighted by Crippen LogP contribution is -2.30. The number of benzene rings is 2. The molecule has 29 heavy (non-hydrogen) atoms. The molecule has 6 nitrogen and oxygen atoms in total. The number of carbonyl (C=O) groups excluding carboxylic acids is 1. The predicted octanol–water partition coefficient (Wildman–Crippen LogP) is 3.88. The van der Waals surface area contributed by atoms with Crippen molar-refractivity contribution in [2.24, 2.45) is 0 Å². The van der Waals surface area contributed by atoms with E-state index in [-0.39, 0.29) is 12.7 Å². The van der Waals surface area contributed by atoms with Crippen molar-refractivity contribution in [1.29, 1.82) is 0 Å². The minimum atomic E-state index is -0.0851. The SMILES string of the molecule is COc1ccc(CCN2C(=O)C(=Cc3ccc4c(c3)OCO4)SC2=S)cc1OC. The van der Waals surface area contributed by atoms with Crippen LogP contribution in [0.3, 0.4) is 0 Å². The average Bonchev–Trinajstić information content (AvgIpc) is 3.30. The Kier molecular flexibility index (Phi) is 5.64. The normalized spacial score (nSPS) is 16.6. The fourth-order valence-electron chi connectivity index (χ4n) is 3.12. The van der Waals surface area contributed by atoms with E-state index in [1.165, 1.54) is 11.8 Å². The van der Waals surface area contributed by atoms with Crippen molar-refractivity contribution < 1.29 is 23.7 Å². The van der Waals surface area contributed by atoms with Gasteiger partial charge in [0.2, 0.25) is 6.79 Å². The molecule has 1 saturated heterocycles. The molecule has 0 saturated carbocycles. The van der Waals surface area contributed by atoms with Crippen molar-refractivity contribution in [3.8, 4) is 23.0 Å². The Morgan fingerprint density at radius 2 is 1.90 bits per heavy atom. The van der Waals surface area contributed by atoms with Crippen molar-refractivity contribution >= 4 is 40.3 Å². The summed E-state index contributed by atoms with van der Waals surface area (Å²) in [7, 11) is 3.20. The Morgan fingerprint density at radius 3 is 2.69 bits per heavy atom. The molecule has 0 N–H and O–H groups in total. The van der Waals surface area contributed by atoms with Gasteiger partial charge in [0.1, 0.15) is 4.32 Å². The zero-order chi connectivity index (χ0) is 20.4. The third-order valence-electron chi connectivity index (χ3n) is 4.64. The van der Waals surface area contributed by atoms with Gasteiger partial charge in [-0.15, -0.1) is 0 Å². The first-order valence-corrected chi connectivity index (χ1v) is 10.2. The number of hydrogen-bond donors (Lipinski definition) is 0. The lowest BCUT2D eigenvalue weighted by Gasteiger charge is -2.15. The second-order valence-corrected chi connectivity index (χ2v) is 8.06. The number of nitrogens with zero attached hydrogens (tertiary/aromatic N) is 1. The third-order valence-corrected chi connectivity index (χ3v) is 6.02. The summed E-state index contributed by atoms with van der Waals surface area (Å²) in [6.07, 6.45) is 2.49. The molecule has 2 aromatic carbocycles. The molecule has 1 amide bonds. The molecule has 8 heteroatoms. The van der Waals surface area contributed by atoms with Gasteiger partial charge in [-0.25, -0.2) is 0 Å². The van der Waals surface area contributed by atoms with Gasteiger partial charge in [-0.05, 0) is 47.9 Å². The van der Waals surface area contributed by atoms with Crippen LogP contribution in [0.2, 0.25) is 0 Å². The Balaban J connectivity index is 1.46. The molecular formula is C21H19NO5S2. The average molecular weight is 430 g/mol. The maximum absolute atomic E-state index is 12.8. The van der Waals surface area contributed by atoms with E-state index in [2.05, 4.69) is 0 Å². The number of thiocarbonyl (C=S) groups is 1. The maximum Gasteiger partial charge on any atom is 0.266 e. The molecule has 1 fully saturated rings. The van der Waals surface area contributed by atoms with Gasteiger partial charge in [-0.2, -0.15) is 0 Å². The number of fused-ring (bicyclic) bond motifs is 1. The lowest BCUT2D eigenvalue weighted by atomic mass is 10.1. The molecule has 0 radical (unpaired) electrons. The highest BCUT2D eigenvalue weighted by Crippen LogP contribution is 2.36. The molecule has 0 bridgehead atoms. The molecule has 0 aliphatic carbocycles. The highest BCUT2D eigenvalue weighted by Gasteiger charge is 2.31. The largest absolute Gasteiger partial charge is 0.493 e. The van der Waals surface area contributed by atoms with Crippen LogP contribution >= 0.6 is 24.0 Å². The Bertz CT molecular complexity index is 1000. The molecule has 0 aromatic heterocycles. The second-order valence-electron chi connectivity index (χ2n) is 6.39. The number of methoxy groups -OCH3 is 2. The van der Waals surface area contributed by atoms with E-state index in [0.29, 0.717) is 45.2 Å². The number of rotatable bonds is 6.